The van der Waals surface area contributed by atoms with Crippen LogP contribution in [0.3, 0.4) is 0 Å². The SMILES string of the molecule is O=C(/C=C/c1cnn(-c2ccccc2)c1)NCc1ccc(NC(=O)c2ccco2)cc1. The zero-order valence-corrected chi connectivity index (χ0v) is 16.6. The van der Waals surface area contributed by atoms with E-state index >= 15 is 0 Å². The van der Waals surface area contributed by atoms with Crippen molar-refractivity contribution < 1.29 is 14.0 Å². The zero-order valence-electron chi connectivity index (χ0n) is 16.6. The van der Waals surface area contributed by atoms with Gasteiger partial charge < -0.3 is 15.1 Å². The van der Waals surface area contributed by atoms with Crippen LogP contribution in [-0.4, -0.2) is 21.6 Å². The molecule has 2 aromatic carbocycles. The first-order valence-corrected chi connectivity index (χ1v) is 9.67. The van der Waals surface area contributed by atoms with Gasteiger partial charge in [0.1, 0.15) is 0 Å². The Morgan fingerprint density at radius 1 is 1.00 bits per heavy atom. The standard InChI is InChI=1S/C24H20N4O3/c29-23(13-10-19-16-26-28(17-19)21-5-2-1-3-6-21)25-15-18-8-11-20(12-9-18)27-24(30)22-7-4-14-31-22/h1-14,16-17H,15H2,(H,25,29)(H,27,30)/b13-10+. The number of anilines is 1. The predicted octanol–water partition coefficient (Wildman–Crippen LogP) is 4.05. The Balaban J connectivity index is 1.27. The van der Waals surface area contributed by atoms with Crippen molar-refractivity contribution >= 4 is 23.6 Å². The lowest BCUT2D eigenvalue weighted by Crippen LogP contribution is -2.20. The Labute approximate surface area is 179 Å². The van der Waals surface area contributed by atoms with E-state index < -0.39 is 0 Å². The molecule has 0 bridgehead atoms. The van der Waals surface area contributed by atoms with Crippen LogP contribution in [0.5, 0.6) is 0 Å². The van der Waals surface area contributed by atoms with Crippen LogP contribution >= 0.6 is 0 Å². The molecule has 154 valence electrons. The van der Waals surface area contributed by atoms with E-state index in [4.69, 9.17) is 4.42 Å². The van der Waals surface area contributed by atoms with E-state index in [0.717, 1.165) is 16.8 Å². The first kappa shape index (κ1) is 19.9. The molecule has 31 heavy (non-hydrogen) atoms. The van der Waals surface area contributed by atoms with Crippen LogP contribution < -0.4 is 10.6 Å². The van der Waals surface area contributed by atoms with E-state index in [9.17, 15) is 9.59 Å². The average Bonchev–Trinajstić information content (AvgIpc) is 3.50. The molecule has 0 unspecified atom stereocenters. The van der Waals surface area contributed by atoms with E-state index in [0.29, 0.717) is 12.2 Å². The summed E-state index contributed by atoms with van der Waals surface area (Å²) in [6.45, 7) is 0.374. The van der Waals surface area contributed by atoms with Crippen LogP contribution in [0.15, 0.2) is 95.9 Å². The topological polar surface area (TPSA) is 89.2 Å². The highest BCUT2D eigenvalue weighted by Crippen LogP contribution is 2.12. The van der Waals surface area contributed by atoms with Crippen LogP contribution in [0.2, 0.25) is 0 Å². The molecule has 4 rings (SSSR count). The van der Waals surface area contributed by atoms with E-state index in [2.05, 4.69) is 15.7 Å². The van der Waals surface area contributed by atoms with Crippen LogP contribution in [0, 0.1) is 0 Å². The van der Waals surface area contributed by atoms with Gasteiger partial charge in [-0.2, -0.15) is 5.10 Å². The molecule has 0 radical (unpaired) electrons. The Kier molecular flexibility index (Phi) is 6.04. The number of benzene rings is 2. The molecular formula is C24H20N4O3. The van der Waals surface area contributed by atoms with Gasteiger partial charge in [0.15, 0.2) is 5.76 Å². The summed E-state index contributed by atoms with van der Waals surface area (Å²) in [7, 11) is 0. The summed E-state index contributed by atoms with van der Waals surface area (Å²) in [5, 5.41) is 9.89. The smallest absolute Gasteiger partial charge is 0.291 e. The monoisotopic (exact) mass is 412 g/mol. The Hall–Kier alpha value is -4.39. The summed E-state index contributed by atoms with van der Waals surface area (Å²) in [4.78, 5) is 24.1. The lowest BCUT2D eigenvalue weighted by Gasteiger charge is -2.06. The molecule has 7 nitrogen and oxygen atoms in total. The second kappa shape index (κ2) is 9.41. The first-order chi connectivity index (χ1) is 15.2. The van der Waals surface area contributed by atoms with Gasteiger partial charge in [0.05, 0.1) is 18.1 Å². The van der Waals surface area contributed by atoms with Gasteiger partial charge in [-0.3, -0.25) is 9.59 Å². The van der Waals surface area contributed by atoms with Crippen molar-refractivity contribution in [2.45, 2.75) is 6.54 Å². The number of amides is 2. The molecule has 2 N–H and O–H groups in total. The fourth-order valence-corrected chi connectivity index (χ4v) is 2.87. The maximum absolute atomic E-state index is 12.1. The van der Waals surface area contributed by atoms with Crippen molar-refractivity contribution in [3.05, 3.63) is 108 Å². The molecule has 0 saturated carbocycles. The molecule has 0 aliphatic rings. The van der Waals surface area contributed by atoms with Crippen molar-refractivity contribution in [1.29, 1.82) is 0 Å². The minimum absolute atomic E-state index is 0.206. The lowest BCUT2D eigenvalue weighted by molar-refractivity contribution is -0.116. The molecule has 4 aromatic rings. The van der Waals surface area contributed by atoms with Gasteiger partial charge >= 0.3 is 0 Å². The molecular weight excluding hydrogens is 392 g/mol. The summed E-state index contributed by atoms with van der Waals surface area (Å²) < 4.78 is 6.82. The average molecular weight is 412 g/mol. The number of rotatable bonds is 7. The van der Waals surface area contributed by atoms with Gasteiger partial charge in [-0.05, 0) is 48.0 Å². The Morgan fingerprint density at radius 2 is 1.81 bits per heavy atom. The van der Waals surface area contributed by atoms with Crippen molar-refractivity contribution in [3.63, 3.8) is 0 Å². The molecule has 7 heteroatoms. The summed E-state index contributed by atoms with van der Waals surface area (Å²) in [6, 6.07) is 20.2. The molecule has 2 aromatic heterocycles. The number of nitrogens with one attached hydrogen (secondary N) is 2. The quantitative estimate of drug-likeness (QED) is 0.448. The highest BCUT2D eigenvalue weighted by molar-refractivity contribution is 6.02. The second-order valence-corrected chi connectivity index (χ2v) is 6.73. The van der Waals surface area contributed by atoms with Crippen molar-refractivity contribution in [3.8, 4) is 5.69 Å². The fourth-order valence-electron chi connectivity index (χ4n) is 2.87. The molecule has 0 aliphatic carbocycles. The number of nitrogens with zero attached hydrogens (tertiary/aromatic N) is 2. The zero-order chi connectivity index (χ0) is 21.5. The summed E-state index contributed by atoms with van der Waals surface area (Å²) in [5.41, 5.74) is 3.34. The number of carbonyl (C=O) groups excluding carboxylic acids is 2. The van der Waals surface area contributed by atoms with Crippen molar-refractivity contribution in [2.75, 3.05) is 5.32 Å². The van der Waals surface area contributed by atoms with Crippen LogP contribution in [-0.2, 0) is 11.3 Å². The molecule has 2 heterocycles. The van der Waals surface area contributed by atoms with Gasteiger partial charge in [-0.25, -0.2) is 4.68 Å². The number of carbonyl (C=O) groups is 2. The lowest BCUT2D eigenvalue weighted by atomic mass is 10.2. The molecule has 0 saturated heterocycles. The third-order valence-electron chi connectivity index (χ3n) is 4.47. The predicted molar refractivity (Wildman–Crippen MR) is 118 cm³/mol. The molecule has 0 aliphatic heterocycles. The summed E-state index contributed by atoms with van der Waals surface area (Å²) in [5.74, 6) is -0.271. The molecule has 0 spiro atoms. The minimum atomic E-state index is -0.313. The molecule has 2 amide bonds. The van der Waals surface area contributed by atoms with Gasteiger partial charge in [0.2, 0.25) is 5.91 Å². The highest BCUT2D eigenvalue weighted by Gasteiger charge is 2.08. The third kappa shape index (κ3) is 5.36. The number of furan rings is 1. The van der Waals surface area contributed by atoms with Gasteiger partial charge in [-0.1, -0.05) is 30.3 Å². The van der Waals surface area contributed by atoms with E-state index in [1.54, 1.807) is 41.2 Å². The van der Waals surface area contributed by atoms with Crippen LogP contribution in [0.4, 0.5) is 5.69 Å². The summed E-state index contributed by atoms with van der Waals surface area (Å²) >= 11 is 0. The van der Waals surface area contributed by atoms with Gasteiger partial charge in [0.25, 0.3) is 5.91 Å². The number of para-hydroxylation sites is 1. The number of hydrogen-bond acceptors (Lipinski definition) is 4. The molecule has 0 atom stereocenters. The minimum Gasteiger partial charge on any atom is -0.459 e. The summed E-state index contributed by atoms with van der Waals surface area (Å²) in [6.07, 6.45) is 8.20. The maximum Gasteiger partial charge on any atom is 0.291 e. The fraction of sp³-hybridized carbons (Fsp3) is 0.0417. The van der Waals surface area contributed by atoms with Crippen LogP contribution in [0.25, 0.3) is 11.8 Å². The van der Waals surface area contributed by atoms with Crippen molar-refractivity contribution in [2.24, 2.45) is 0 Å². The Morgan fingerprint density at radius 3 is 2.55 bits per heavy atom. The number of aromatic nitrogens is 2. The molecule has 0 fully saturated rings. The van der Waals surface area contributed by atoms with Gasteiger partial charge in [0, 0.05) is 30.1 Å². The van der Waals surface area contributed by atoms with E-state index in [1.807, 2.05) is 48.7 Å². The maximum atomic E-state index is 12.1. The van der Waals surface area contributed by atoms with E-state index in [1.165, 1.54) is 12.3 Å². The van der Waals surface area contributed by atoms with Gasteiger partial charge in [-0.15, -0.1) is 0 Å². The second-order valence-electron chi connectivity index (χ2n) is 6.73. The Bertz CT molecular complexity index is 1180. The van der Waals surface area contributed by atoms with Crippen molar-refractivity contribution in [1.82, 2.24) is 15.1 Å². The third-order valence-corrected chi connectivity index (χ3v) is 4.47. The van der Waals surface area contributed by atoms with E-state index in [-0.39, 0.29) is 17.6 Å². The van der Waals surface area contributed by atoms with Crippen LogP contribution in [0.1, 0.15) is 21.7 Å². The normalized spacial score (nSPS) is 10.8. The largest absolute Gasteiger partial charge is 0.459 e. The number of hydrogen-bond donors (Lipinski definition) is 2. The first-order valence-electron chi connectivity index (χ1n) is 9.67. The highest BCUT2D eigenvalue weighted by atomic mass is 16.3.